The molecule has 1 N–H and O–H groups in total. The van der Waals surface area contributed by atoms with Crippen molar-refractivity contribution < 1.29 is 9.72 Å². The summed E-state index contributed by atoms with van der Waals surface area (Å²) in [6, 6.07) is 3.28. The first kappa shape index (κ1) is 15.5. The summed E-state index contributed by atoms with van der Waals surface area (Å²) < 4.78 is 0. The molecule has 0 spiro atoms. The van der Waals surface area contributed by atoms with Crippen LogP contribution in [-0.2, 0) is 0 Å². The lowest BCUT2D eigenvalue weighted by Crippen LogP contribution is -2.50. The smallest absolute Gasteiger partial charge is 0.317 e. The number of pyridine rings is 1. The summed E-state index contributed by atoms with van der Waals surface area (Å²) in [5.74, 6) is 0.427. The van der Waals surface area contributed by atoms with Gasteiger partial charge in [-0.1, -0.05) is 0 Å². The molecule has 1 aromatic rings. The van der Waals surface area contributed by atoms with E-state index in [1.54, 1.807) is 12.3 Å². The Hall–Kier alpha value is -2.38. The molecule has 2 fully saturated rings. The first-order valence-electron chi connectivity index (χ1n) is 8.05. The molecule has 0 saturated carbocycles. The van der Waals surface area contributed by atoms with Crippen LogP contribution in [0.2, 0.25) is 0 Å². The minimum Gasteiger partial charge on any atom is -0.351 e. The Bertz CT molecular complexity index is 586. The van der Waals surface area contributed by atoms with Gasteiger partial charge in [0.25, 0.3) is 0 Å². The Morgan fingerprint density at radius 1 is 1.26 bits per heavy atom. The number of hydrogen-bond donors (Lipinski definition) is 1. The van der Waals surface area contributed by atoms with Crippen molar-refractivity contribution in [2.24, 2.45) is 0 Å². The molecule has 23 heavy (non-hydrogen) atoms. The minimum atomic E-state index is -0.392. The lowest BCUT2D eigenvalue weighted by atomic mass is 10.0. The van der Waals surface area contributed by atoms with Gasteiger partial charge in [-0.05, 0) is 31.7 Å². The Morgan fingerprint density at radius 3 is 2.78 bits per heavy atom. The zero-order valence-electron chi connectivity index (χ0n) is 13.0. The fourth-order valence-electron chi connectivity index (χ4n) is 3.32. The molecule has 0 atom stereocenters. The molecule has 0 aliphatic carbocycles. The lowest BCUT2D eigenvalue weighted by Gasteiger charge is -2.38. The van der Waals surface area contributed by atoms with Gasteiger partial charge < -0.3 is 15.1 Å². The van der Waals surface area contributed by atoms with Gasteiger partial charge in [-0.3, -0.25) is 10.1 Å². The molecule has 8 heteroatoms. The number of hydrogen-bond acceptors (Lipinski definition) is 5. The molecule has 3 heterocycles. The van der Waals surface area contributed by atoms with Crippen LogP contribution < -0.4 is 10.2 Å². The first-order valence-corrected chi connectivity index (χ1v) is 8.05. The van der Waals surface area contributed by atoms with E-state index in [9.17, 15) is 14.9 Å². The number of amides is 2. The number of rotatable bonds is 3. The summed E-state index contributed by atoms with van der Waals surface area (Å²) in [6.45, 7) is 2.88. The summed E-state index contributed by atoms with van der Waals surface area (Å²) in [5.41, 5.74) is 0.0402. The van der Waals surface area contributed by atoms with Gasteiger partial charge in [-0.2, -0.15) is 0 Å². The van der Waals surface area contributed by atoms with Gasteiger partial charge in [-0.15, -0.1) is 0 Å². The van der Waals surface area contributed by atoms with Crippen molar-refractivity contribution in [1.82, 2.24) is 15.2 Å². The number of nitro groups is 1. The van der Waals surface area contributed by atoms with Crippen LogP contribution in [0.4, 0.5) is 16.3 Å². The van der Waals surface area contributed by atoms with Gasteiger partial charge in [0.05, 0.1) is 4.92 Å². The Morgan fingerprint density at radius 2 is 2.04 bits per heavy atom. The van der Waals surface area contributed by atoms with E-state index in [-0.39, 0.29) is 17.8 Å². The predicted octanol–water partition coefficient (Wildman–Crippen LogP) is 1.76. The summed E-state index contributed by atoms with van der Waals surface area (Å²) in [4.78, 5) is 30.9. The fourth-order valence-corrected chi connectivity index (χ4v) is 3.32. The number of urea groups is 1. The average Bonchev–Trinajstić information content (AvgIpc) is 2.79. The molecule has 1 aromatic heterocycles. The summed E-state index contributed by atoms with van der Waals surface area (Å²) >= 11 is 0. The predicted molar refractivity (Wildman–Crippen MR) is 85.5 cm³/mol. The van der Waals surface area contributed by atoms with Crippen molar-refractivity contribution in [3.8, 4) is 0 Å². The fraction of sp³-hybridized carbons (Fsp3) is 0.600. The highest BCUT2D eigenvalue weighted by atomic mass is 16.6. The molecule has 0 radical (unpaired) electrons. The zero-order chi connectivity index (χ0) is 16.2. The molecular weight excluding hydrogens is 298 g/mol. The van der Waals surface area contributed by atoms with Crippen molar-refractivity contribution in [2.45, 2.75) is 31.7 Å². The average molecular weight is 319 g/mol. The Balaban J connectivity index is 1.67. The largest absolute Gasteiger partial charge is 0.351 e. The van der Waals surface area contributed by atoms with Gasteiger partial charge in [0.1, 0.15) is 0 Å². The Kier molecular flexibility index (Phi) is 4.59. The molecule has 2 amide bonds. The SMILES string of the molecule is O=C1NCCCCN1C1CCN(c2ncccc2[N+](=O)[O-])CC1. The van der Waals surface area contributed by atoms with E-state index in [1.165, 1.54) is 6.07 Å². The number of anilines is 1. The van der Waals surface area contributed by atoms with Gasteiger partial charge >= 0.3 is 11.7 Å². The Labute approximate surface area is 134 Å². The van der Waals surface area contributed by atoms with Crippen LogP contribution in [-0.4, -0.2) is 53.1 Å². The quantitative estimate of drug-likeness (QED) is 0.677. The first-order chi connectivity index (χ1) is 11.2. The highest BCUT2D eigenvalue weighted by Gasteiger charge is 2.31. The number of piperidine rings is 1. The molecule has 8 nitrogen and oxygen atoms in total. The number of aromatic nitrogens is 1. The van der Waals surface area contributed by atoms with E-state index < -0.39 is 4.92 Å². The normalized spacial score (nSPS) is 20.1. The second-order valence-electron chi connectivity index (χ2n) is 5.95. The molecule has 2 aliphatic heterocycles. The van der Waals surface area contributed by atoms with Crippen LogP contribution in [0.1, 0.15) is 25.7 Å². The van der Waals surface area contributed by atoms with Crippen LogP contribution >= 0.6 is 0 Å². The third-order valence-electron chi connectivity index (χ3n) is 4.53. The number of nitrogens with one attached hydrogen (secondary N) is 1. The number of carbonyl (C=O) groups excluding carboxylic acids is 1. The second-order valence-corrected chi connectivity index (χ2v) is 5.95. The lowest BCUT2D eigenvalue weighted by molar-refractivity contribution is -0.384. The second kappa shape index (κ2) is 6.80. The van der Waals surface area contributed by atoms with Gasteiger partial charge in [0.15, 0.2) is 0 Å². The number of carbonyl (C=O) groups is 1. The molecular formula is C15H21N5O3. The maximum atomic E-state index is 12.1. The molecule has 0 aromatic carbocycles. The van der Waals surface area contributed by atoms with Crippen molar-refractivity contribution in [3.63, 3.8) is 0 Å². The van der Waals surface area contributed by atoms with Crippen LogP contribution in [0, 0.1) is 10.1 Å². The highest BCUT2D eigenvalue weighted by Crippen LogP contribution is 2.28. The molecule has 0 unspecified atom stereocenters. The van der Waals surface area contributed by atoms with Crippen LogP contribution in [0.5, 0.6) is 0 Å². The molecule has 2 aliphatic rings. The highest BCUT2D eigenvalue weighted by molar-refractivity contribution is 5.74. The third-order valence-corrected chi connectivity index (χ3v) is 4.53. The van der Waals surface area contributed by atoms with E-state index in [2.05, 4.69) is 10.3 Å². The van der Waals surface area contributed by atoms with Gasteiger partial charge in [0, 0.05) is 44.5 Å². The maximum absolute atomic E-state index is 12.1. The zero-order valence-corrected chi connectivity index (χ0v) is 13.0. The summed E-state index contributed by atoms with van der Waals surface area (Å²) in [7, 11) is 0. The van der Waals surface area contributed by atoms with Crippen molar-refractivity contribution >= 4 is 17.5 Å². The molecule has 2 saturated heterocycles. The maximum Gasteiger partial charge on any atom is 0.317 e. The van der Waals surface area contributed by atoms with E-state index in [4.69, 9.17) is 0 Å². The van der Waals surface area contributed by atoms with Crippen molar-refractivity contribution in [2.75, 3.05) is 31.1 Å². The van der Waals surface area contributed by atoms with E-state index in [1.807, 2.05) is 9.80 Å². The standard InChI is InChI=1S/C15H21N5O3/c21-15-17-7-1-2-9-19(15)12-5-10-18(11-6-12)14-13(20(22)23)4-3-8-16-14/h3-4,8,12H,1-2,5-7,9-11H2,(H,17,21). The van der Waals surface area contributed by atoms with E-state index in [0.717, 1.165) is 38.8 Å². The summed E-state index contributed by atoms with van der Waals surface area (Å²) in [5, 5.41) is 14.1. The monoisotopic (exact) mass is 319 g/mol. The molecule has 0 bridgehead atoms. The topological polar surface area (TPSA) is 91.6 Å². The number of nitrogens with zero attached hydrogens (tertiary/aromatic N) is 4. The van der Waals surface area contributed by atoms with Gasteiger partial charge in [0.2, 0.25) is 5.82 Å². The van der Waals surface area contributed by atoms with Crippen LogP contribution in [0.15, 0.2) is 18.3 Å². The van der Waals surface area contributed by atoms with E-state index in [0.29, 0.717) is 18.9 Å². The van der Waals surface area contributed by atoms with Crippen LogP contribution in [0.25, 0.3) is 0 Å². The van der Waals surface area contributed by atoms with Crippen molar-refractivity contribution in [3.05, 3.63) is 28.4 Å². The van der Waals surface area contributed by atoms with Crippen molar-refractivity contribution in [1.29, 1.82) is 0 Å². The van der Waals surface area contributed by atoms with E-state index >= 15 is 0 Å². The third kappa shape index (κ3) is 3.35. The van der Waals surface area contributed by atoms with Crippen LogP contribution in [0.3, 0.4) is 0 Å². The summed E-state index contributed by atoms with van der Waals surface area (Å²) in [6.07, 6.45) is 5.23. The minimum absolute atomic E-state index is 0.0183. The molecule has 3 rings (SSSR count). The molecule has 124 valence electrons. The van der Waals surface area contributed by atoms with Gasteiger partial charge in [-0.25, -0.2) is 9.78 Å².